The Hall–Kier alpha value is -2.09. The van der Waals surface area contributed by atoms with Crippen molar-refractivity contribution in [2.45, 2.75) is 45.6 Å². The van der Waals surface area contributed by atoms with Crippen molar-refractivity contribution >= 4 is 5.96 Å². The van der Waals surface area contributed by atoms with E-state index in [4.69, 9.17) is 9.47 Å². The van der Waals surface area contributed by atoms with Gasteiger partial charge in [0.05, 0.1) is 13.2 Å². The topological polar surface area (TPSA) is 64.1 Å². The molecular weight excluding hydrogens is 356 g/mol. The SMILES string of the molecule is CN=C(NCc1cc(OC)ccc1OC(F)F)NC1C2CCOC2C1(C)C. The molecule has 3 unspecified atom stereocenters. The molecule has 8 heteroatoms. The van der Waals surface area contributed by atoms with Gasteiger partial charge >= 0.3 is 6.61 Å². The molecular formula is C19H27F2N3O3. The van der Waals surface area contributed by atoms with E-state index >= 15 is 0 Å². The number of aliphatic imine (C=N–C) groups is 1. The van der Waals surface area contributed by atoms with E-state index in [0.29, 0.717) is 23.2 Å². The third-order valence-electron chi connectivity index (χ3n) is 5.55. The van der Waals surface area contributed by atoms with Crippen LogP contribution in [-0.2, 0) is 11.3 Å². The minimum atomic E-state index is -2.88. The fraction of sp³-hybridized carbons (Fsp3) is 0.632. The molecule has 2 fully saturated rings. The van der Waals surface area contributed by atoms with Crippen LogP contribution in [0.4, 0.5) is 8.78 Å². The summed E-state index contributed by atoms with van der Waals surface area (Å²) >= 11 is 0. The quantitative estimate of drug-likeness (QED) is 0.584. The fourth-order valence-corrected chi connectivity index (χ4v) is 4.17. The summed E-state index contributed by atoms with van der Waals surface area (Å²) in [6.07, 6.45) is 1.31. The molecule has 1 aliphatic heterocycles. The largest absolute Gasteiger partial charge is 0.497 e. The van der Waals surface area contributed by atoms with E-state index in [0.717, 1.165) is 13.0 Å². The lowest BCUT2D eigenvalue weighted by molar-refractivity contribution is -0.106. The summed E-state index contributed by atoms with van der Waals surface area (Å²) in [5, 5.41) is 6.65. The van der Waals surface area contributed by atoms with E-state index < -0.39 is 6.61 Å². The molecule has 0 bridgehead atoms. The van der Waals surface area contributed by atoms with Crippen molar-refractivity contribution in [3.05, 3.63) is 23.8 Å². The highest BCUT2D eigenvalue weighted by Gasteiger charge is 2.59. The summed E-state index contributed by atoms with van der Waals surface area (Å²) in [5.74, 6) is 1.77. The maximum atomic E-state index is 12.7. The first-order valence-electron chi connectivity index (χ1n) is 9.07. The molecule has 0 aromatic heterocycles. The van der Waals surface area contributed by atoms with Crippen LogP contribution in [0.1, 0.15) is 25.8 Å². The first-order chi connectivity index (χ1) is 12.9. The molecule has 1 aromatic rings. The third-order valence-corrected chi connectivity index (χ3v) is 5.55. The zero-order valence-corrected chi connectivity index (χ0v) is 16.1. The van der Waals surface area contributed by atoms with Gasteiger partial charge in [-0.25, -0.2) is 0 Å². The molecule has 0 radical (unpaired) electrons. The number of guanidine groups is 1. The molecule has 1 aliphatic carbocycles. The Labute approximate surface area is 158 Å². The van der Waals surface area contributed by atoms with Gasteiger partial charge in [0.1, 0.15) is 11.5 Å². The zero-order chi connectivity index (χ0) is 19.6. The van der Waals surface area contributed by atoms with Crippen LogP contribution in [0.25, 0.3) is 0 Å². The molecule has 2 N–H and O–H groups in total. The van der Waals surface area contributed by atoms with E-state index in [2.05, 4.69) is 34.2 Å². The highest BCUT2D eigenvalue weighted by atomic mass is 19.3. The number of hydrogen-bond acceptors (Lipinski definition) is 4. The van der Waals surface area contributed by atoms with Gasteiger partial charge in [-0.3, -0.25) is 4.99 Å². The van der Waals surface area contributed by atoms with Crippen LogP contribution in [0.2, 0.25) is 0 Å². The van der Waals surface area contributed by atoms with E-state index in [-0.39, 0.29) is 29.9 Å². The summed E-state index contributed by atoms with van der Waals surface area (Å²) in [7, 11) is 3.21. The Kier molecular flexibility index (Phi) is 5.74. The number of rotatable bonds is 6. The van der Waals surface area contributed by atoms with Gasteiger partial charge in [0.25, 0.3) is 0 Å². The highest BCUT2D eigenvalue weighted by molar-refractivity contribution is 5.80. The number of halogens is 2. The summed E-state index contributed by atoms with van der Waals surface area (Å²) in [6.45, 7) is 2.55. The van der Waals surface area contributed by atoms with Crippen LogP contribution < -0.4 is 20.1 Å². The molecule has 2 aliphatic rings. The Morgan fingerprint density at radius 3 is 2.85 bits per heavy atom. The number of alkyl halides is 2. The van der Waals surface area contributed by atoms with Crippen molar-refractivity contribution in [1.82, 2.24) is 10.6 Å². The fourth-order valence-electron chi connectivity index (χ4n) is 4.17. The monoisotopic (exact) mass is 383 g/mol. The molecule has 150 valence electrons. The summed E-state index contributed by atoms with van der Waals surface area (Å²) < 4.78 is 40.9. The molecule has 1 heterocycles. The number of methoxy groups -OCH3 is 1. The standard InChI is InChI=1S/C19H27F2N3O3/c1-19(2)15(13-7-8-26-16(13)19)24-18(22-3)23-10-11-9-12(25-4)5-6-14(11)27-17(20)21/h5-6,9,13,15-17H,7-8,10H2,1-4H3,(H2,22,23,24). The average molecular weight is 383 g/mol. The Morgan fingerprint density at radius 1 is 1.41 bits per heavy atom. The number of fused-ring (bicyclic) bond motifs is 1. The van der Waals surface area contributed by atoms with Crippen LogP contribution in [0.15, 0.2) is 23.2 Å². The Morgan fingerprint density at radius 2 is 2.19 bits per heavy atom. The van der Waals surface area contributed by atoms with Gasteiger partial charge < -0.3 is 24.8 Å². The molecule has 0 amide bonds. The third kappa shape index (κ3) is 3.95. The molecule has 0 spiro atoms. The lowest BCUT2D eigenvalue weighted by Crippen LogP contribution is -2.67. The van der Waals surface area contributed by atoms with E-state index in [1.165, 1.54) is 13.2 Å². The van der Waals surface area contributed by atoms with Crippen molar-refractivity contribution < 1.29 is 23.0 Å². The van der Waals surface area contributed by atoms with Crippen molar-refractivity contribution in [2.24, 2.45) is 16.3 Å². The first kappa shape index (κ1) is 19.7. The second-order valence-electron chi connectivity index (χ2n) is 7.47. The second-order valence-corrected chi connectivity index (χ2v) is 7.47. The van der Waals surface area contributed by atoms with Gasteiger partial charge in [-0.15, -0.1) is 0 Å². The van der Waals surface area contributed by atoms with E-state index in [9.17, 15) is 8.78 Å². The van der Waals surface area contributed by atoms with Crippen molar-refractivity contribution in [3.8, 4) is 11.5 Å². The van der Waals surface area contributed by atoms with Gasteiger partial charge in [-0.1, -0.05) is 13.8 Å². The van der Waals surface area contributed by atoms with Gasteiger partial charge in [0.15, 0.2) is 5.96 Å². The lowest BCUT2D eigenvalue weighted by Gasteiger charge is -2.54. The maximum absolute atomic E-state index is 12.7. The number of ether oxygens (including phenoxy) is 3. The Balaban J connectivity index is 1.66. The molecule has 6 nitrogen and oxygen atoms in total. The van der Waals surface area contributed by atoms with Crippen LogP contribution >= 0.6 is 0 Å². The van der Waals surface area contributed by atoms with Crippen molar-refractivity contribution in [1.29, 1.82) is 0 Å². The van der Waals surface area contributed by atoms with Crippen LogP contribution in [0.5, 0.6) is 11.5 Å². The smallest absolute Gasteiger partial charge is 0.387 e. The highest BCUT2D eigenvalue weighted by Crippen LogP contribution is 2.52. The minimum Gasteiger partial charge on any atom is -0.497 e. The molecule has 27 heavy (non-hydrogen) atoms. The van der Waals surface area contributed by atoms with Crippen LogP contribution in [0, 0.1) is 11.3 Å². The number of nitrogens with one attached hydrogen (secondary N) is 2. The van der Waals surface area contributed by atoms with E-state index in [1.54, 1.807) is 19.2 Å². The van der Waals surface area contributed by atoms with Gasteiger partial charge in [0.2, 0.25) is 0 Å². The predicted molar refractivity (Wildman–Crippen MR) is 98.4 cm³/mol. The van der Waals surface area contributed by atoms with Crippen molar-refractivity contribution in [3.63, 3.8) is 0 Å². The average Bonchev–Trinajstić information content (AvgIpc) is 3.09. The van der Waals surface area contributed by atoms with Gasteiger partial charge in [-0.05, 0) is 24.6 Å². The summed E-state index contributed by atoms with van der Waals surface area (Å²) in [6, 6.07) is 4.99. The molecule has 1 aromatic carbocycles. The van der Waals surface area contributed by atoms with Gasteiger partial charge in [-0.2, -0.15) is 8.78 Å². The Bertz CT molecular complexity index is 697. The lowest BCUT2D eigenvalue weighted by atomic mass is 9.57. The normalized spacial score (nSPS) is 26.3. The van der Waals surface area contributed by atoms with Crippen LogP contribution in [0.3, 0.4) is 0 Å². The minimum absolute atomic E-state index is 0.0126. The molecule has 3 rings (SSSR count). The predicted octanol–water partition coefficient (Wildman–Crippen LogP) is 2.78. The number of benzene rings is 1. The molecule has 3 atom stereocenters. The van der Waals surface area contributed by atoms with Crippen LogP contribution in [-0.4, -0.2) is 45.5 Å². The summed E-state index contributed by atoms with van der Waals surface area (Å²) in [4.78, 5) is 4.27. The number of nitrogens with zero attached hydrogens (tertiary/aromatic N) is 1. The first-order valence-corrected chi connectivity index (χ1v) is 9.07. The number of hydrogen-bond donors (Lipinski definition) is 2. The second kappa shape index (κ2) is 7.88. The van der Waals surface area contributed by atoms with Gasteiger partial charge in [0, 0.05) is 43.1 Å². The zero-order valence-electron chi connectivity index (χ0n) is 16.1. The molecule has 1 saturated carbocycles. The summed E-state index contributed by atoms with van der Waals surface area (Å²) in [5.41, 5.74) is 0.575. The maximum Gasteiger partial charge on any atom is 0.387 e. The molecule has 1 saturated heterocycles. The van der Waals surface area contributed by atoms with Crippen molar-refractivity contribution in [2.75, 3.05) is 20.8 Å². The van der Waals surface area contributed by atoms with E-state index in [1.807, 2.05) is 0 Å².